The van der Waals surface area contributed by atoms with Crippen LogP contribution in [0.1, 0.15) is 58.3 Å². The molecule has 0 aromatic rings. The van der Waals surface area contributed by atoms with Crippen molar-refractivity contribution >= 4 is 5.97 Å². The van der Waals surface area contributed by atoms with Crippen LogP contribution in [0.4, 0.5) is 0 Å². The van der Waals surface area contributed by atoms with Gasteiger partial charge in [0.25, 0.3) is 0 Å². The van der Waals surface area contributed by atoms with Crippen LogP contribution < -0.4 is 0 Å². The maximum Gasteiger partial charge on any atom is 0.305 e. The summed E-state index contributed by atoms with van der Waals surface area (Å²) in [5.41, 5.74) is 0. The monoisotopic (exact) mass is 256 g/mol. The Morgan fingerprint density at radius 1 is 1.06 bits per heavy atom. The lowest BCUT2D eigenvalue weighted by Gasteiger charge is -2.03. The fourth-order valence-corrected chi connectivity index (χ4v) is 1.60. The molecule has 0 unspecified atom stereocenters. The zero-order valence-electron chi connectivity index (χ0n) is 12.0. The van der Waals surface area contributed by atoms with Gasteiger partial charge in [0.15, 0.2) is 0 Å². The van der Waals surface area contributed by atoms with Gasteiger partial charge in [-0.15, -0.1) is 0 Å². The van der Waals surface area contributed by atoms with Crippen LogP contribution in [0.5, 0.6) is 0 Å². The van der Waals surface area contributed by atoms with Gasteiger partial charge in [-0.1, -0.05) is 38.3 Å². The van der Waals surface area contributed by atoms with Crippen molar-refractivity contribution < 1.29 is 14.3 Å². The molecule has 0 aliphatic heterocycles. The Kier molecular flexibility index (Phi) is 13.6. The van der Waals surface area contributed by atoms with Crippen molar-refractivity contribution in [3.05, 3.63) is 12.2 Å². The van der Waals surface area contributed by atoms with Crippen molar-refractivity contribution in [1.82, 2.24) is 0 Å². The molecular formula is C15H28O3. The lowest BCUT2D eigenvalue weighted by atomic mass is 10.1. The van der Waals surface area contributed by atoms with E-state index in [2.05, 4.69) is 13.0 Å². The topological polar surface area (TPSA) is 35.5 Å². The highest BCUT2D eigenvalue weighted by molar-refractivity contribution is 5.69. The molecule has 0 bridgehead atoms. The molecule has 0 aliphatic carbocycles. The molecule has 0 aliphatic rings. The number of esters is 1. The Bertz CT molecular complexity index is 212. The van der Waals surface area contributed by atoms with Gasteiger partial charge in [-0.05, 0) is 25.7 Å². The van der Waals surface area contributed by atoms with Crippen LogP contribution in [-0.4, -0.2) is 26.3 Å². The highest BCUT2D eigenvalue weighted by Crippen LogP contribution is 2.05. The van der Waals surface area contributed by atoms with E-state index in [0.717, 1.165) is 44.9 Å². The zero-order valence-corrected chi connectivity index (χ0v) is 12.0. The third kappa shape index (κ3) is 13.2. The highest BCUT2D eigenvalue weighted by Gasteiger charge is 2.01. The molecule has 0 saturated carbocycles. The van der Waals surface area contributed by atoms with Gasteiger partial charge in [-0.25, -0.2) is 0 Å². The fourth-order valence-electron chi connectivity index (χ4n) is 1.60. The lowest BCUT2D eigenvalue weighted by molar-refractivity contribution is -0.143. The fraction of sp³-hybridized carbons (Fsp3) is 0.800. The first kappa shape index (κ1) is 17.2. The van der Waals surface area contributed by atoms with E-state index < -0.39 is 0 Å². The first-order chi connectivity index (χ1) is 8.81. The number of allylic oxidation sites excluding steroid dienone is 1. The molecule has 0 aromatic heterocycles. The summed E-state index contributed by atoms with van der Waals surface area (Å²) >= 11 is 0. The van der Waals surface area contributed by atoms with Crippen LogP contribution in [0.3, 0.4) is 0 Å². The number of rotatable bonds is 12. The molecule has 3 heteroatoms. The molecule has 18 heavy (non-hydrogen) atoms. The predicted molar refractivity (Wildman–Crippen MR) is 74.6 cm³/mol. The quantitative estimate of drug-likeness (QED) is 0.302. The van der Waals surface area contributed by atoms with E-state index in [0.29, 0.717) is 19.6 Å². The molecule has 0 rings (SSSR count). The Balaban J connectivity index is 3.20. The van der Waals surface area contributed by atoms with E-state index in [1.54, 1.807) is 7.11 Å². The molecule has 0 heterocycles. The molecule has 0 radical (unpaired) electrons. The van der Waals surface area contributed by atoms with Crippen molar-refractivity contribution in [1.29, 1.82) is 0 Å². The number of hydrogen-bond acceptors (Lipinski definition) is 3. The largest absolute Gasteiger partial charge is 0.466 e. The summed E-state index contributed by atoms with van der Waals surface area (Å²) in [6.45, 7) is 3.42. The molecule has 0 spiro atoms. The third-order valence-electron chi connectivity index (χ3n) is 2.69. The Hall–Kier alpha value is -0.830. The molecule has 0 aromatic carbocycles. The SMILES string of the molecule is CCCCCOC(=O)CCCCC/C=C/COC. The second kappa shape index (κ2) is 14.2. The molecule has 0 N–H and O–H groups in total. The van der Waals surface area contributed by atoms with Crippen LogP contribution in [0.15, 0.2) is 12.2 Å². The number of ether oxygens (including phenoxy) is 2. The molecule has 0 atom stereocenters. The summed E-state index contributed by atoms with van der Waals surface area (Å²) in [4.78, 5) is 11.3. The Labute approximate surface area is 112 Å². The summed E-state index contributed by atoms with van der Waals surface area (Å²) in [5.74, 6) is -0.0407. The van der Waals surface area contributed by atoms with Crippen LogP contribution in [0, 0.1) is 0 Å². The lowest BCUT2D eigenvalue weighted by Crippen LogP contribution is -2.05. The molecule has 0 amide bonds. The van der Waals surface area contributed by atoms with E-state index in [4.69, 9.17) is 9.47 Å². The van der Waals surface area contributed by atoms with Gasteiger partial charge in [0, 0.05) is 13.5 Å². The summed E-state index contributed by atoms with van der Waals surface area (Å²) in [6, 6.07) is 0. The van der Waals surface area contributed by atoms with Gasteiger partial charge in [-0.3, -0.25) is 4.79 Å². The first-order valence-electron chi connectivity index (χ1n) is 7.10. The third-order valence-corrected chi connectivity index (χ3v) is 2.69. The van der Waals surface area contributed by atoms with Crippen molar-refractivity contribution in [3.8, 4) is 0 Å². The van der Waals surface area contributed by atoms with E-state index in [-0.39, 0.29) is 5.97 Å². The van der Waals surface area contributed by atoms with E-state index in [9.17, 15) is 4.79 Å². The molecule has 0 saturated heterocycles. The standard InChI is InChI=1S/C15H28O3/c1-3-4-10-14-18-15(16)12-9-7-5-6-8-11-13-17-2/h8,11H,3-7,9-10,12-14H2,1-2H3/b11-8+. The number of hydrogen-bond donors (Lipinski definition) is 0. The van der Waals surface area contributed by atoms with Gasteiger partial charge < -0.3 is 9.47 Å². The van der Waals surface area contributed by atoms with Gasteiger partial charge >= 0.3 is 5.97 Å². The average molecular weight is 256 g/mol. The zero-order chi connectivity index (χ0) is 13.5. The number of carbonyl (C=O) groups excluding carboxylic acids is 1. The number of carbonyl (C=O) groups is 1. The van der Waals surface area contributed by atoms with Crippen LogP contribution >= 0.6 is 0 Å². The number of unbranched alkanes of at least 4 members (excludes halogenated alkanes) is 5. The van der Waals surface area contributed by atoms with E-state index in [1.807, 2.05) is 6.08 Å². The van der Waals surface area contributed by atoms with Gasteiger partial charge in [0.05, 0.1) is 13.2 Å². The highest BCUT2D eigenvalue weighted by atomic mass is 16.5. The molecular weight excluding hydrogens is 228 g/mol. The minimum atomic E-state index is -0.0407. The van der Waals surface area contributed by atoms with Gasteiger partial charge in [0.1, 0.15) is 0 Å². The molecule has 106 valence electrons. The normalized spacial score (nSPS) is 11.0. The first-order valence-corrected chi connectivity index (χ1v) is 7.10. The van der Waals surface area contributed by atoms with Crippen LogP contribution in [0.25, 0.3) is 0 Å². The Morgan fingerprint density at radius 3 is 2.61 bits per heavy atom. The van der Waals surface area contributed by atoms with Gasteiger partial charge in [-0.2, -0.15) is 0 Å². The average Bonchev–Trinajstić information content (AvgIpc) is 2.38. The second-order valence-corrected chi connectivity index (χ2v) is 4.45. The van der Waals surface area contributed by atoms with Crippen molar-refractivity contribution in [2.75, 3.05) is 20.3 Å². The maximum atomic E-state index is 11.3. The smallest absolute Gasteiger partial charge is 0.305 e. The summed E-state index contributed by atoms with van der Waals surface area (Å²) in [7, 11) is 1.69. The van der Waals surface area contributed by atoms with Crippen molar-refractivity contribution in [2.24, 2.45) is 0 Å². The summed E-state index contributed by atoms with van der Waals surface area (Å²) in [5, 5.41) is 0. The molecule has 0 fully saturated rings. The van der Waals surface area contributed by atoms with Crippen LogP contribution in [0.2, 0.25) is 0 Å². The maximum absolute atomic E-state index is 11.3. The summed E-state index contributed by atoms with van der Waals surface area (Å²) in [6.07, 6.45) is 12.2. The van der Waals surface area contributed by atoms with Gasteiger partial charge in [0.2, 0.25) is 0 Å². The minimum absolute atomic E-state index is 0.0407. The van der Waals surface area contributed by atoms with E-state index in [1.165, 1.54) is 0 Å². The Morgan fingerprint density at radius 2 is 1.89 bits per heavy atom. The van der Waals surface area contributed by atoms with Crippen molar-refractivity contribution in [2.45, 2.75) is 58.3 Å². The minimum Gasteiger partial charge on any atom is -0.466 e. The predicted octanol–water partition coefficient (Wildman–Crippen LogP) is 3.87. The molecule has 3 nitrogen and oxygen atoms in total. The van der Waals surface area contributed by atoms with Crippen molar-refractivity contribution in [3.63, 3.8) is 0 Å². The van der Waals surface area contributed by atoms with Crippen LogP contribution in [-0.2, 0) is 14.3 Å². The number of methoxy groups -OCH3 is 1. The second-order valence-electron chi connectivity index (χ2n) is 4.45. The summed E-state index contributed by atoms with van der Waals surface area (Å²) < 4.78 is 10.0. The van der Waals surface area contributed by atoms with E-state index >= 15 is 0 Å².